The maximum atomic E-state index is 11.5. The van der Waals surface area contributed by atoms with Gasteiger partial charge in [-0.3, -0.25) is 14.6 Å². The second-order valence-electron chi connectivity index (χ2n) is 8.38. The Balaban J connectivity index is 1.29. The number of anilines is 1. The SMILES string of the molecule is CC(=O)N(C)c1cnn(C(O)N2CC3(CCN(Cc4ccccc4Cl)CC3)C2)c1. The van der Waals surface area contributed by atoms with Crippen molar-refractivity contribution >= 4 is 23.2 Å². The fourth-order valence-electron chi connectivity index (χ4n) is 4.32. The molecule has 8 heteroatoms. The van der Waals surface area contributed by atoms with Gasteiger partial charge in [-0.1, -0.05) is 29.8 Å². The Morgan fingerprint density at radius 2 is 2.00 bits per heavy atom. The minimum atomic E-state index is -0.795. The van der Waals surface area contributed by atoms with Crippen LogP contribution in [-0.4, -0.2) is 63.8 Å². The summed E-state index contributed by atoms with van der Waals surface area (Å²) in [6, 6.07) is 8.04. The average molecular weight is 418 g/mol. The highest BCUT2D eigenvalue weighted by atomic mass is 35.5. The van der Waals surface area contributed by atoms with E-state index in [1.54, 1.807) is 19.4 Å². The van der Waals surface area contributed by atoms with Gasteiger partial charge in [-0.2, -0.15) is 5.10 Å². The Hall–Kier alpha value is -1.93. The summed E-state index contributed by atoms with van der Waals surface area (Å²) in [5.41, 5.74) is 2.14. The Morgan fingerprint density at radius 1 is 1.31 bits per heavy atom. The van der Waals surface area contributed by atoms with Crippen molar-refractivity contribution in [3.63, 3.8) is 0 Å². The van der Waals surface area contributed by atoms with Gasteiger partial charge in [0.25, 0.3) is 0 Å². The van der Waals surface area contributed by atoms with Gasteiger partial charge >= 0.3 is 0 Å². The van der Waals surface area contributed by atoms with Crippen LogP contribution in [0.4, 0.5) is 5.69 Å². The molecule has 1 aromatic heterocycles. The fraction of sp³-hybridized carbons (Fsp3) is 0.524. The zero-order valence-corrected chi connectivity index (χ0v) is 17.7. The molecule has 0 saturated carbocycles. The lowest BCUT2D eigenvalue weighted by Gasteiger charge is -2.55. The summed E-state index contributed by atoms with van der Waals surface area (Å²) in [5, 5.41) is 15.7. The van der Waals surface area contributed by atoms with Crippen LogP contribution in [0.25, 0.3) is 0 Å². The zero-order valence-electron chi connectivity index (χ0n) is 17.0. The van der Waals surface area contributed by atoms with Crippen molar-refractivity contribution in [2.24, 2.45) is 5.41 Å². The van der Waals surface area contributed by atoms with Crippen molar-refractivity contribution in [2.45, 2.75) is 32.7 Å². The Kier molecular flexibility index (Phi) is 5.66. The first-order valence-corrected chi connectivity index (χ1v) is 10.4. The number of carbonyl (C=O) groups is 1. The third-order valence-electron chi connectivity index (χ3n) is 6.36. The number of benzene rings is 1. The van der Waals surface area contributed by atoms with E-state index in [-0.39, 0.29) is 11.3 Å². The number of aromatic nitrogens is 2. The van der Waals surface area contributed by atoms with Gasteiger partial charge in [0, 0.05) is 38.6 Å². The molecule has 2 fully saturated rings. The van der Waals surface area contributed by atoms with Crippen LogP contribution >= 0.6 is 11.6 Å². The molecule has 29 heavy (non-hydrogen) atoms. The first-order valence-electron chi connectivity index (χ1n) is 10.0. The van der Waals surface area contributed by atoms with Crippen LogP contribution in [0, 0.1) is 5.41 Å². The first-order chi connectivity index (χ1) is 13.9. The number of rotatable bonds is 5. The highest BCUT2D eigenvalue weighted by Crippen LogP contribution is 2.43. The summed E-state index contributed by atoms with van der Waals surface area (Å²) < 4.78 is 1.52. The Labute approximate surface area is 176 Å². The topological polar surface area (TPSA) is 64.8 Å². The number of amides is 1. The molecule has 1 N–H and O–H groups in total. The van der Waals surface area contributed by atoms with Crippen LogP contribution in [0.5, 0.6) is 0 Å². The molecular weight excluding hydrogens is 390 g/mol. The number of nitrogens with zero attached hydrogens (tertiary/aromatic N) is 5. The molecule has 7 nitrogen and oxygen atoms in total. The molecule has 3 heterocycles. The lowest BCUT2D eigenvalue weighted by molar-refractivity contribution is -0.167. The van der Waals surface area contributed by atoms with Crippen molar-refractivity contribution in [3.8, 4) is 0 Å². The van der Waals surface area contributed by atoms with Crippen LogP contribution in [0.15, 0.2) is 36.7 Å². The number of likely N-dealkylation sites (tertiary alicyclic amines) is 2. The number of hydrogen-bond acceptors (Lipinski definition) is 5. The molecule has 0 radical (unpaired) electrons. The average Bonchev–Trinajstić information content (AvgIpc) is 3.17. The molecule has 2 aliphatic rings. The quantitative estimate of drug-likeness (QED) is 0.810. The highest BCUT2D eigenvalue weighted by Gasteiger charge is 2.47. The molecule has 4 rings (SSSR count). The first kappa shape index (κ1) is 20.3. The van der Waals surface area contributed by atoms with Crippen LogP contribution in [0.3, 0.4) is 0 Å². The van der Waals surface area contributed by atoms with Gasteiger partial charge in [0.15, 0.2) is 0 Å². The predicted molar refractivity (Wildman–Crippen MR) is 113 cm³/mol. The van der Waals surface area contributed by atoms with Gasteiger partial charge in [0.05, 0.1) is 18.1 Å². The van der Waals surface area contributed by atoms with E-state index in [2.05, 4.69) is 16.1 Å². The lowest BCUT2D eigenvalue weighted by Crippen LogP contribution is -2.61. The third kappa shape index (κ3) is 4.19. The van der Waals surface area contributed by atoms with Crippen molar-refractivity contribution in [1.82, 2.24) is 19.6 Å². The summed E-state index contributed by atoms with van der Waals surface area (Å²) in [4.78, 5) is 17.5. The van der Waals surface area contributed by atoms with E-state index < -0.39 is 6.35 Å². The van der Waals surface area contributed by atoms with Crippen LogP contribution in [0.1, 0.15) is 31.7 Å². The van der Waals surface area contributed by atoms with Gasteiger partial charge < -0.3 is 10.0 Å². The second kappa shape index (κ2) is 8.07. The smallest absolute Gasteiger partial charge is 0.223 e. The number of piperidine rings is 1. The van der Waals surface area contributed by atoms with E-state index in [1.807, 2.05) is 23.1 Å². The largest absolute Gasteiger partial charge is 0.359 e. The Bertz CT molecular complexity index is 869. The van der Waals surface area contributed by atoms with Crippen molar-refractivity contribution in [2.75, 3.05) is 38.1 Å². The molecule has 1 aromatic carbocycles. The van der Waals surface area contributed by atoms with E-state index >= 15 is 0 Å². The van der Waals surface area contributed by atoms with E-state index in [0.29, 0.717) is 5.69 Å². The summed E-state index contributed by atoms with van der Waals surface area (Å²) in [6.45, 7) is 6.22. The molecule has 0 aliphatic carbocycles. The summed E-state index contributed by atoms with van der Waals surface area (Å²) in [5.74, 6) is -0.0644. The van der Waals surface area contributed by atoms with E-state index in [4.69, 9.17) is 11.6 Å². The highest BCUT2D eigenvalue weighted by molar-refractivity contribution is 6.31. The van der Waals surface area contributed by atoms with Crippen molar-refractivity contribution in [3.05, 3.63) is 47.2 Å². The monoisotopic (exact) mass is 417 g/mol. The van der Waals surface area contributed by atoms with Crippen LogP contribution in [-0.2, 0) is 11.3 Å². The maximum absolute atomic E-state index is 11.5. The zero-order chi connectivity index (χ0) is 20.6. The van der Waals surface area contributed by atoms with Gasteiger partial charge in [0.2, 0.25) is 12.3 Å². The number of aliphatic hydroxyl groups is 1. The van der Waals surface area contributed by atoms with Crippen LogP contribution < -0.4 is 4.90 Å². The van der Waals surface area contributed by atoms with E-state index in [1.165, 1.54) is 22.1 Å². The van der Waals surface area contributed by atoms with Crippen LogP contribution in [0.2, 0.25) is 5.02 Å². The fourth-order valence-corrected chi connectivity index (χ4v) is 4.52. The molecule has 0 bridgehead atoms. The summed E-state index contributed by atoms with van der Waals surface area (Å²) >= 11 is 6.30. The summed E-state index contributed by atoms with van der Waals surface area (Å²) in [6.07, 6.45) is 4.77. The molecular formula is C21H28ClN5O2. The third-order valence-corrected chi connectivity index (χ3v) is 6.72. The molecule has 2 aromatic rings. The molecule has 1 spiro atoms. The molecule has 1 unspecified atom stereocenters. The van der Waals surface area contributed by atoms with Crippen molar-refractivity contribution < 1.29 is 9.90 Å². The number of carbonyl (C=O) groups excluding carboxylic acids is 1. The normalized spacial score (nSPS) is 20.4. The van der Waals surface area contributed by atoms with Gasteiger partial charge in [-0.15, -0.1) is 0 Å². The second-order valence-corrected chi connectivity index (χ2v) is 8.78. The maximum Gasteiger partial charge on any atom is 0.223 e. The number of hydrogen-bond donors (Lipinski definition) is 1. The van der Waals surface area contributed by atoms with E-state index in [9.17, 15) is 9.90 Å². The van der Waals surface area contributed by atoms with Gasteiger partial charge in [0.1, 0.15) is 0 Å². The minimum absolute atomic E-state index is 0.0644. The minimum Gasteiger partial charge on any atom is -0.359 e. The molecule has 1 atom stereocenters. The standard InChI is InChI=1S/C21H28ClN5O2/c1-16(28)24(2)18-11-23-27(13-18)20(29)26-14-21(15-26)7-9-25(10-8-21)12-17-5-3-4-6-19(17)22/h3-6,11,13,20,29H,7-10,12,14-15H2,1-2H3. The summed E-state index contributed by atoms with van der Waals surface area (Å²) in [7, 11) is 1.70. The molecule has 2 saturated heterocycles. The van der Waals surface area contributed by atoms with Gasteiger partial charge in [-0.25, -0.2) is 4.68 Å². The van der Waals surface area contributed by atoms with E-state index in [0.717, 1.165) is 50.6 Å². The molecule has 1 amide bonds. The van der Waals surface area contributed by atoms with Crippen molar-refractivity contribution in [1.29, 1.82) is 0 Å². The number of aliphatic hydroxyl groups excluding tert-OH is 1. The predicted octanol–water partition coefficient (Wildman–Crippen LogP) is 2.57. The lowest BCUT2D eigenvalue weighted by atomic mass is 9.72. The molecule has 156 valence electrons. The number of halogens is 1. The Morgan fingerprint density at radius 3 is 2.66 bits per heavy atom. The molecule has 2 aliphatic heterocycles. The van der Waals surface area contributed by atoms with Gasteiger partial charge in [-0.05, 0) is 43.0 Å².